The predicted molar refractivity (Wildman–Crippen MR) is 93.7 cm³/mol. The quantitative estimate of drug-likeness (QED) is 0.541. The molecule has 1 unspecified atom stereocenters. The van der Waals surface area contributed by atoms with E-state index >= 15 is 0 Å². The summed E-state index contributed by atoms with van der Waals surface area (Å²) in [4.78, 5) is 8.11. The van der Waals surface area contributed by atoms with Crippen molar-refractivity contribution < 1.29 is 4.74 Å². The number of aromatic amines is 2. The molecule has 4 heterocycles. The molecular formula is C18H17N5O. The van der Waals surface area contributed by atoms with Gasteiger partial charge in [-0.15, -0.1) is 0 Å². The van der Waals surface area contributed by atoms with Crippen molar-refractivity contribution in [2.24, 2.45) is 0 Å². The highest BCUT2D eigenvalue weighted by Gasteiger charge is 2.20. The minimum Gasteiger partial charge on any atom is -0.383 e. The number of H-pyrrole nitrogens is 2. The Bertz CT molecular complexity index is 1030. The largest absolute Gasteiger partial charge is 0.383 e. The Morgan fingerprint density at radius 3 is 2.88 bits per heavy atom. The van der Waals surface area contributed by atoms with Crippen molar-refractivity contribution in [2.75, 3.05) is 12.3 Å². The van der Waals surface area contributed by atoms with Gasteiger partial charge in [0.15, 0.2) is 0 Å². The van der Waals surface area contributed by atoms with Crippen LogP contribution in [-0.4, -0.2) is 32.9 Å². The molecule has 0 amide bonds. The highest BCUT2D eigenvalue weighted by atomic mass is 16.5. The number of pyridine rings is 1. The lowest BCUT2D eigenvalue weighted by Gasteiger charge is -2.25. The van der Waals surface area contributed by atoms with Gasteiger partial charge in [-0.25, -0.2) is 4.98 Å². The minimum atomic E-state index is 0.325. The van der Waals surface area contributed by atoms with E-state index in [1.54, 1.807) is 6.20 Å². The van der Waals surface area contributed by atoms with Crippen molar-refractivity contribution in [3.63, 3.8) is 0 Å². The van der Waals surface area contributed by atoms with Crippen molar-refractivity contribution >= 4 is 27.6 Å². The molecule has 1 atom stereocenters. The first-order valence-electron chi connectivity index (χ1n) is 8.10. The van der Waals surface area contributed by atoms with Crippen LogP contribution in [0.2, 0.25) is 0 Å². The maximum atomic E-state index is 6.20. The SMILES string of the molecule is Nc1nc2cc(-c3ccn[nH]3)ccc2c2[nH]c(CC3CCO3)cc12. The van der Waals surface area contributed by atoms with Gasteiger partial charge in [0, 0.05) is 41.3 Å². The summed E-state index contributed by atoms with van der Waals surface area (Å²) >= 11 is 0. The number of ether oxygens (including phenoxy) is 1. The van der Waals surface area contributed by atoms with Gasteiger partial charge >= 0.3 is 0 Å². The summed E-state index contributed by atoms with van der Waals surface area (Å²) in [6, 6.07) is 10.2. The first kappa shape index (κ1) is 13.6. The van der Waals surface area contributed by atoms with Gasteiger partial charge in [-0.2, -0.15) is 5.10 Å². The molecule has 24 heavy (non-hydrogen) atoms. The van der Waals surface area contributed by atoms with Crippen LogP contribution in [0.25, 0.3) is 33.1 Å². The fraction of sp³-hybridized carbons (Fsp3) is 0.222. The Hall–Kier alpha value is -2.86. The number of nitrogens with zero attached hydrogens (tertiary/aromatic N) is 2. The lowest BCUT2D eigenvalue weighted by atomic mass is 10.1. The highest BCUT2D eigenvalue weighted by Crippen LogP contribution is 2.31. The average molecular weight is 319 g/mol. The second-order valence-corrected chi connectivity index (χ2v) is 6.27. The number of fused-ring (bicyclic) bond motifs is 3. The number of hydrogen-bond acceptors (Lipinski definition) is 4. The Morgan fingerprint density at radius 2 is 2.12 bits per heavy atom. The summed E-state index contributed by atoms with van der Waals surface area (Å²) in [5.41, 5.74) is 11.3. The molecule has 6 heteroatoms. The van der Waals surface area contributed by atoms with Crippen LogP contribution in [0.3, 0.4) is 0 Å². The van der Waals surface area contributed by atoms with Crippen molar-refractivity contribution in [3.05, 3.63) is 42.2 Å². The number of aromatic nitrogens is 4. The third-order valence-electron chi connectivity index (χ3n) is 4.71. The number of benzene rings is 1. The molecule has 1 saturated heterocycles. The van der Waals surface area contributed by atoms with Crippen LogP contribution in [0.15, 0.2) is 36.5 Å². The van der Waals surface area contributed by atoms with Gasteiger partial charge in [-0.3, -0.25) is 5.10 Å². The van der Waals surface area contributed by atoms with Crippen molar-refractivity contribution in [3.8, 4) is 11.3 Å². The minimum absolute atomic E-state index is 0.325. The van der Waals surface area contributed by atoms with Crippen LogP contribution in [0.4, 0.5) is 5.82 Å². The first-order valence-corrected chi connectivity index (χ1v) is 8.10. The molecule has 4 N–H and O–H groups in total. The van der Waals surface area contributed by atoms with Crippen molar-refractivity contribution in [1.82, 2.24) is 20.2 Å². The van der Waals surface area contributed by atoms with Crippen LogP contribution in [0.1, 0.15) is 12.1 Å². The van der Waals surface area contributed by atoms with Gasteiger partial charge in [0.1, 0.15) is 5.82 Å². The Balaban J connectivity index is 1.65. The topological polar surface area (TPSA) is 92.6 Å². The summed E-state index contributed by atoms with van der Waals surface area (Å²) < 4.78 is 5.53. The molecule has 3 aromatic heterocycles. The maximum absolute atomic E-state index is 6.20. The molecule has 1 aromatic carbocycles. The first-order chi connectivity index (χ1) is 11.8. The fourth-order valence-corrected chi connectivity index (χ4v) is 3.34. The van der Waals surface area contributed by atoms with Crippen LogP contribution >= 0.6 is 0 Å². The average Bonchev–Trinajstić information content (AvgIpc) is 3.20. The third kappa shape index (κ3) is 2.07. The predicted octanol–water partition coefficient (Wildman–Crippen LogP) is 3.02. The van der Waals surface area contributed by atoms with Gasteiger partial charge < -0.3 is 15.5 Å². The van der Waals surface area contributed by atoms with E-state index in [-0.39, 0.29) is 0 Å². The molecule has 0 radical (unpaired) electrons. The monoisotopic (exact) mass is 319 g/mol. The molecule has 1 aliphatic rings. The van der Waals surface area contributed by atoms with Gasteiger partial charge in [0.05, 0.1) is 22.8 Å². The van der Waals surface area contributed by atoms with E-state index in [1.165, 1.54) is 0 Å². The maximum Gasteiger partial charge on any atom is 0.133 e. The van der Waals surface area contributed by atoms with Crippen molar-refractivity contribution in [1.29, 1.82) is 0 Å². The summed E-state index contributed by atoms with van der Waals surface area (Å²) in [5.74, 6) is 0.552. The standard InChI is InChI=1S/C18H17N5O/c19-18-14-9-11(8-12-4-6-24-12)21-17(14)13-2-1-10(7-16(13)22-18)15-3-5-20-23-15/h1-3,5,7,9,12,21H,4,6,8H2,(H2,19,22)(H,20,23). The molecule has 1 aliphatic heterocycles. The molecule has 0 bridgehead atoms. The van der Waals surface area contributed by atoms with E-state index < -0.39 is 0 Å². The van der Waals surface area contributed by atoms with Crippen LogP contribution < -0.4 is 5.73 Å². The summed E-state index contributed by atoms with van der Waals surface area (Å²) in [5, 5.41) is 9.03. The van der Waals surface area contributed by atoms with E-state index in [0.717, 1.165) is 58.2 Å². The summed E-state index contributed by atoms with van der Waals surface area (Å²) in [6.07, 6.45) is 4.08. The second kappa shape index (κ2) is 5.07. The Labute approximate surface area is 138 Å². The Morgan fingerprint density at radius 1 is 1.21 bits per heavy atom. The van der Waals surface area contributed by atoms with Crippen molar-refractivity contribution in [2.45, 2.75) is 18.9 Å². The molecule has 1 fully saturated rings. The van der Waals surface area contributed by atoms with E-state index in [9.17, 15) is 0 Å². The molecule has 6 nitrogen and oxygen atoms in total. The van der Waals surface area contributed by atoms with Crippen LogP contribution in [0.5, 0.6) is 0 Å². The third-order valence-corrected chi connectivity index (χ3v) is 4.71. The normalized spacial score (nSPS) is 17.4. The summed E-state index contributed by atoms with van der Waals surface area (Å²) in [7, 11) is 0. The lowest BCUT2D eigenvalue weighted by molar-refractivity contribution is -0.0495. The van der Waals surface area contributed by atoms with Gasteiger partial charge in [-0.1, -0.05) is 12.1 Å². The summed E-state index contributed by atoms with van der Waals surface area (Å²) in [6.45, 7) is 0.869. The van der Waals surface area contributed by atoms with E-state index in [1.807, 2.05) is 12.1 Å². The van der Waals surface area contributed by atoms with E-state index in [4.69, 9.17) is 10.5 Å². The zero-order valence-electron chi connectivity index (χ0n) is 13.0. The lowest BCUT2D eigenvalue weighted by Crippen LogP contribution is -2.28. The smallest absolute Gasteiger partial charge is 0.133 e. The number of nitrogen functional groups attached to an aromatic ring is 1. The molecule has 0 spiro atoms. The molecule has 5 rings (SSSR count). The zero-order chi connectivity index (χ0) is 16.1. The van der Waals surface area contributed by atoms with Crippen LogP contribution in [0, 0.1) is 0 Å². The zero-order valence-corrected chi connectivity index (χ0v) is 13.0. The molecule has 0 saturated carbocycles. The number of nitrogens with two attached hydrogens (primary N) is 1. The molecule has 0 aliphatic carbocycles. The fourth-order valence-electron chi connectivity index (χ4n) is 3.34. The van der Waals surface area contributed by atoms with Gasteiger partial charge in [0.25, 0.3) is 0 Å². The van der Waals surface area contributed by atoms with E-state index in [2.05, 4.69) is 38.4 Å². The molecular weight excluding hydrogens is 302 g/mol. The molecule has 120 valence electrons. The van der Waals surface area contributed by atoms with Crippen LogP contribution in [-0.2, 0) is 11.2 Å². The Kier molecular flexibility index (Phi) is 2.87. The van der Waals surface area contributed by atoms with Gasteiger partial charge in [-0.05, 0) is 24.6 Å². The number of hydrogen-bond donors (Lipinski definition) is 3. The number of rotatable bonds is 3. The van der Waals surface area contributed by atoms with E-state index in [0.29, 0.717) is 11.9 Å². The van der Waals surface area contributed by atoms with Gasteiger partial charge in [0.2, 0.25) is 0 Å². The number of nitrogens with one attached hydrogen (secondary N) is 2. The second-order valence-electron chi connectivity index (χ2n) is 6.27. The highest BCUT2D eigenvalue weighted by molar-refractivity contribution is 6.08. The number of anilines is 1. The molecule has 4 aromatic rings.